The Morgan fingerprint density at radius 3 is 1.60 bits per heavy atom. The molecule has 0 aromatic heterocycles. The van der Waals surface area contributed by atoms with E-state index in [4.69, 9.17) is 16.2 Å². The van der Waals surface area contributed by atoms with Crippen molar-refractivity contribution < 1.29 is 4.74 Å². The largest absolute Gasteiger partial charge is 0.357 e. The van der Waals surface area contributed by atoms with Crippen molar-refractivity contribution in [2.24, 2.45) is 16.9 Å². The molecule has 0 bridgehead atoms. The minimum absolute atomic E-state index is 0.0170. The molecule has 0 saturated heterocycles. The fourth-order valence-corrected chi connectivity index (χ4v) is 2.14. The molecule has 3 heteroatoms. The lowest BCUT2D eigenvalue weighted by atomic mass is 9.72. The van der Waals surface area contributed by atoms with E-state index in [0.717, 1.165) is 11.1 Å². The van der Waals surface area contributed by atoms with Crippen LogP contribution in [-0.4, -0.2) is 18.4 Å². The van der Waals surface area contributed by atoms with E-state index in [2.05, 4.69) is 45.1 Å². The highest BCUT2D eigenvalue weighted by Crippen LogP contribution is 2.34. The van der Waals surface area contributed by atoms with Gasteiger partial charge in [-0.2, -0.15) is 0 Å². The average molecular weight is 272 g/mol. The smallest absolute Gasteiger partial charge is 0.155 e. The lowest BCUT2D eigenvalue weighted by Crippen LogP contribution is -2.48. The van der Waals surface area contributed by atoms with Crippen molar-refractivity contribution in [3.63, 3.8) is 0 Å². The van der Waals surface area contributed by atoms with E-state index < -0.39 is 11.3 Å². The SMILES string of the molecule is COC1(N)C=CC(=C2C=CC(N)(C(C)(C)C)C=C2)C=C1. The summed E-state index contributed by atoms with van der Waals surface area (Å²) in [5.74, 6) is 0. The standard InChI is InChI=1S/C17H24N2O/c1-15(2,3)16(18)9-5-13(6-10-16)14-7-11-17(19,20-4)12-8-14/h5-12H,18-19H2,1-4H3. The molecule has 2 rings (SSSR count). The fourth-order valence-electron chi connectivity index (χ4n) is 2.14. The molecular weight excluding hydrogens is 248 g/mol. The zero-order valence-electron chi connectivity index (χ0n) is 12.7. The minimum Gasteiger partial charge on any atom is -0.357 e. The first-order valence-corrected chi connectivity index (χ1v) is 6.83. The topological polar surface area (TPSA) is 61.3 Å². The molecule has 0 heterocycles. The molecule has 0 aromatic rings. The molecule has 108 valence electrons. The molecule has 4 N–H and O–H groups in total. The zero-order chi connectivity index (χ0) is 15.0. The van der Waals surface area contributed by atoms with E-state index in [1.807, 2.05) is 24.3 Å². The molecule has 0 atom stereocenters. The third kappa shape index (κ3) is 2.70. The Bertz CT molecular complexity index is 510. The van der Waals surface area contributed by atoms with Crippen LogP contribution in [0, 0.1) is 5.41 Å². The quantitative estimate of drug-likeness (QED) is 0.721. The van der Waals surface area contributed by atoms with Gasteiger partial charge in [0.2, 0.25) is 0 Å². The Morgan fingerprint density at radius 1 is 0.850 bits per heavy atom. The van der Waals surface area contributed by atoms with Gasteiger partial charge in [-0.3, -0.25) is 5.73 Å². The van der Waals surface area contributed by atoms with Gasteiger partial charge in [0.25, 0.3) is 0 Å². The van der Waals surface area contributed by atoms with Crippen molar-refractivity contribution >= 4 is 0 Å². The molecular formula is C17H24N2O. The minimum atomic E-state index is -0.796. The highest BCUT2D eigenvalue weighted by molar-refractivity contribution is 5.53. The van der Waals surface area contributed by atoms with Gasteiger partial charge < -0.3 is 10.5 Å². The Morgan fingerprint density at radius 2 is 1.25 bits per heavy atom. The maximum atomic E-state index is 6.42. The first kappa shape index (κ1) is 15.0. The first-order chi connectivity index (χ1) is 9.19. The predicted octanol–water partition coefficient (Wildman–Crippen LogP) is 2.58. The second-order valence-corrected chi connectivity index (χ2v) is 6.48. The number of methoxy groups -OCH3 is 1. The number of nitrogens with two attached hydrogens (primary N) is 2. The molecule has 0 radical (unpaired) electrons. The monoisotopic (exact) mass is 272 g/mol. The maximum absolute atomic E-state index is 6.42. The van der Waals surface area contributed by atoms with Crippen molar-refractivity contribution in [1.82, 2.24) is 0 Å². The predicted molar refractivity (Wildman–Crippen MR) is 83.9 cm³/mol. The third-order valence-corrected chi connectivity index (χ3v) is 4.11. The van der Waals surface area contributed by atoms with Crippen LogP contribution in [0.2, 0.25) is 0 Å². The van der Waals surface area contributed by atoms with Crippen LogP contribution < -0.4 is 11.5 Å². The van der Waals surface area contributed by atoms with Crippen LogP contribution in [0.5, 0.6) is 0 Å². The van der Waals surface area contributed by atoms with Crippen LogP contribution in [0.1, 0.15) is 20.8 Å². The Labute approximate surface area is 121 Å². The molecule has 3 nitrogen and oxygen atoms in total. The summed E-state index contributed by atoms with van der Waals surface area (Å²) in [5, 5.41) is 0. The summed E-state index contributed by atoms with van der Waals surface area (Å²) < 4.78 is 5.22. The molecule has 20 heavy (non-hydrogen) atoms. The second kappa shape index (κ2) is 4.85. The molecule has 0 aromatic carbocycles. The summed E-state index contributed by atoms with van der Waals surface area (Å²) in [6, 6.07) is 0. The van der Waals surface area contributed by atoms with Crippen LogP contribution in [0.3, 0.4) is 0 Å². The lowest BCUT2D eigenvalue weighted by molar-refractivity contribution is 0.0794. The Balaban J connectivity index is 2.26. The van der Waals surface area contributed by atoms with E-state index >= 15 is 0 Å². The van der Waals surface area contributed by atoms with Gasteiger partial charge in [-0.1, -0.05) is 57.2 Å². The molecule has 0 spiro atoms. The summed E-state index contributed by atoms with van der Waals surface area (Å²) in [4.78, 5) is 0. The van der Waals surface area contributed by atoms with Gasteiger partial charge >= 0.3 is 0 Å². The summed E-state index contributed by atoms with van der Waals surface area (Å²) in [6.45, 7) is 6.42. The van der Waals surface area contributed by atoms with E-state index in [1.165, 1.54) is 0 Å². The van der Waals surface area contributed by atoms with Crippen molar-refractivity contribution in [2.75, 3.05) is 7.11 Å². The van der Waals surface area contributed by atoms with Gasteiger partial charge in [0.15, 0.2) is 5.72 Å². The van der Waals surface area contributed by atoms with Crippen LogP contribution in [0.15, 0.2) is 59.8 Å². The second-order valence-electron chi connectivity index (χ2n) is 6.48. The third-order valence-electron chi connectivity index (χ3n) is 4.11. The van der Waals surface area contributed by atoms with E-state index in [9.17, 15) is 0 Å². The van der Waals surface area contributed by atoms with Crippen molar-refractivity contribution in [3.05, 3.63) is 59.8 Å². The van der Waals surface area contributed by atoms with Gasteiger partial charge in [0.1, 0.15) is 0 Å². The molecule has 0 aliphatic heterocycles. The van der Waals surface area contributed by atoms with E-state index in [1.54, 1.807) is 7.11 Å². The highest BCUT2D eigenvalue weighted by atomic mass is 16.5. The van der Waals surface area contributed by atoms with Gasteiger partial charge in [-0.25, -0.2) is 0 Å². The van der Waals surface area contributed by atoms with Gasteiger partial charge in [-0.15, -0.1) is 0 Å². The van der Waals surface area contributed by atoms with Gasteiger partial charge in [0.05, 0.1) is 5.54 Å². The zero-order valence-corrected chi connectivity index (χ0v) is 12.7. The molecule has 0 unspecified atom stereocenters. The fraction of sp³-hybridized carbons (Fsp3) is 0.412. The first-order valence-electron chi connectivity index (χ1n) is 6.83. The van der Waals surface area contributed by atoms with Gasteiger partial charge in [0, 0.05) is 7.11 Å². The normalized spacial score (nSPS) is 33.1. The van der Waals surface area contributed by atoms with Crippen LogP contribution in [0.25, 0.3) is 0 Å². The Kier molecular flexibility index (Phi) is 3.63. The summed E-state index contributed by atoms with van der Waals surface area (Å²) in [5.41, 5.74) is 13.4. The number of hydrogen-bond acceptors (Lipinski definition) is 3. The maximum Gasteiger partial charge on any atom is 0.155 e. The van der Waals surface area contributed by atoms with E-state index in [0.29, 0.717) is 0 Å². The van der Waals surface area contributed by atoms with Crippen LogP contribution >= 0.6 is 0 Å². The van der Waals surface area contributed by atoms with Gasteiger partial charge in [-0.05, 0) is 28.7 Å². The molecule has 2 aliphatic carbocycles. The van der Waals surface area contributed by atoms with E-state index in [-0.39, 0.29) is 5.41 Å². The molecule has 0 fully saturated rings. The van der Waals surface area contributed by atoms with Crippen molar-refractivity contribution in [2.45, 2.75) is 32.0 Å². The number of allylic oxidation sites excluding steroid dienone is 6. The average Bonchev–Trinajstić information content (AvgIpc) is 2.40. The summed E-state index contributed by atoms with van der Waals surface area (Å²) in [6.07, 6.45) is 15.9. The molecule has 0 saturated carbocycles. The number of hydrogen-bond donors (Lipinski definition) is 2. The number of ether oxygens (including phenoxy) is 1. The summed E-state index contributed by atoms with van der Waals surface area (Å²) in [7, 11) is 1.60. The van der Waals surface area contributed by atoms with Crippen LogP contribution in [-0.2, 0) is 4.74 Å². The Hall–Kier alpha value is -1.42. The summed E-state index contributed by atoms with van der Waals surface area (Å²) >= 11 is 0. The number of rotatable bonds is 1. The van der Waals surface area contributed by atoms with Crippen molar-refractivity contribution in [3.8, 4) is 0 Å². The molecule has 2 aliphatic rings. The lowest BCUT2D eigenvalue weighted by Gasteiger charge is -2.38. The molecule has 0 amide bonds. The van der Waals surface area contributed by atoms with Crippen LogP contribution in [0.4, 0.5) is 0 Å². The van der Waals surface area contributed by atoms with Crippen molar-refractivity contribution in [1.29, 1.82) is 0 Å². The highest BCUT2D eigenvalue weighted by Gasteiger charge is 2.34.